The molecule has 0 aromatic carbocycles. The van der Waals surface area contributed by atoms with E-state index in [9.17, 15) is 0 Å². The van der Waals surface area contributed by atoms with Gasteiger partial charge in [-0.1, -0.05) is 6.92 Å². The molecule has 0 amide bonds. The van der Waals surface area contributed by atoms with Crippen LogP contribution in [-0.2, 0) is 0 Å². The van der Waals surface area contributed by atoms with E-state index in [1.54, 1.807) is 0 Å². The molecule has 2 nitrogen and oxygen atoms in total. The topological polar surface area (TPSA) is 15.3 Å². The first-order valence-corrected chi connectivity index (χ1v) is 7.61. The van der Waals surface area contributed by atoms with Crippen LogP contribution in [0.5, 0.6) is 0 Å². The van der Waals surface area contributed by atoms with E-state index in [1.807, 2.05) is 0 Å². The van der Waals surface area contributed by atoms with Gasteiger partial charge in [-0.05, 0) is 58.3 Å². The fourth-order valence-electron chi connectivity index (χ4n) is 4.11. The molecule has 1 aliphatic heterocycles. The molecular weight excluding hydrogens is 208 g/mol. The maximum atomic E-state index is 3.84. The molecule has 3 rings (SSSR count). The van der Waals surface area contributed by atoms with Gasteiger partial charge in [0.05, 0.1) is 0 Å². The third kappa shape index (κ3) is 1.84. The Morgan fingerprint density at radius 3 is 2.47 bits per heavy atom. The van der Waals surface area contributed by atoms with Crippen LogP contribution in [0, 0.1) is 5.92 Å². The Labute approximate surface area is 106 Å². The Morgan fingerprint density at radius 1 is 1.29 bits per heavy atom. The van der Waals surface area contributed by atoms with Gasteiger partial charge < -0.3 is 5.32 Å². The van der Waals surface area contributed by atoms with Crippen LogP contribution >= 0.6 is 0 Å². The van der Waals surface area contributed by atoms with E-state index in [0.29, 0.717) is 11.1 Å². The second kappa shape index (κ2) is 3.96. The van der Waals surface area contributed by atoms with Crippen molar-refractivity contribution < 1.29 is 0 Å². The Morgan fingerprint density at radius 2 is 2.00 bits per heavy atom. The summed E-state index contributed by atoms with van der Waals surface area (Å²) in [6.07, 6.45) is 8.57. The van der Waals surface area contributed by atoms with E-state index in [2.05, 4.69) is 31.0 Å². The number of piperazine rings is 1. The van der Waals surface area contributed by atoms with Crippen molar-refractivity contribution in [2.24, 2.45) is 5.92 Å². The van der Waals surface area contributed by atoms with Crippen LogP contribution < -0.4 is 5.32 Å². The number of hydrogen-bond acceptors (Lipinski definition) is 2. The van der Waals surface area contributed by atoms with Crippen molar-refractivity contribution in [2.75, 3.05) is 13.1 Å². The first-order valence-electron chi connectivity index (χ1n) is 7.61. The molecule has 2 heteroatoms. The first-order chi connectivity index (χ1) is 8.10. The van der Waals surface area contributed by atoms with Crippen molar-refractivity contribution in [3.8, 4) is 0 Å². The number of rotatable bonds is 3. The zero-order chi connectivity index (χ0) is 12.1. The lowest BCUT2D eigenvalue weighted by Crippen LogP contribution is -2.70. The van der Waals surface area contributed by atoms with Gasteiger partial charge in [-0.2, -0.15) is 0 Å². The molecule has 3 aliphatic rings. The van der Waals surface area contributed by atoms with Crippen molar-refractivity contribution in [1.82, 2.24) is 10.2 Å². The van der Waals surface area contributed by atoms with E-state index in [0.717, 1.165) is 12.0 Å². The maximum absolute atomic E-state index is 3.84. The van der Waals surface area contributed by atoms with Gasteiger partial charge in [0.15, 0.2) is 0 Å². The summed E-state index contributed by atoms with van der Waals surface area (Å²) in [5.41, 5.74) is 0.974. The van der Waals surface area contributed by atoms with Gasteiger partial charge in [0.25, 0.3) is 0 Å². The van der Waals surface area contributed by atoms with Gasteiger partial charge in [0.2, 0.25) is 0 Å². The molecule has 2 atom stereocenters. The highest BCUT2D eigenvalue weighted by Crippen LogP contribution is 2.47. The summed E-state index contributed by atoms with van der Waals surface area (Å²) in [4.78, 5) is 2.87. The summed E-state index contributed by atoms with van der Waals surface area (Å²) in [7, 11) is 0. The normalized spacial score (nSPS) is 42.2. The smallest absolute Gasteiger partial charge is 0.0309 e. The van der Waals surface area contributed by atoms with Crippen LogP contribution in [0.15, 0.2) is 0 Å². The Hall–Kier alpha value is -0.0800. The Bertz CT molecular complexity index is 288. The van der Waals surface area contributed by atoms with Gasteiger partial charge in [-0.25, -0.2) is 0 Å². The van der Waals surface area contributed by atoms with Crippen molar-refractivity contribution in [1.29, 1.82) is 0 Å². The first kappa shape index (κ1) is 12.0. The average molecular weight is 236 g/mol. The number of hydrogen-bond donors (Lipinski definition) is 1. The highest BCUT2D eigenvalue weighted by molar-refractivity contribution is 5.09. The summed E-state index contributed by atoms with van der Waals surface area (Å²) >= 11 is 0. The summed E-state index contributed by atoms with van der Waals surface area (Å²) in [6, 6.07) is 0.724. The lowest BCUT2D eigenvalue weighted by Gasteiger charge is -2.58. The van der Waals surface area contributed by atoms with Crippen LogP contribution in [0.1, 0.15) is 59.3 Å². The summed E-state index contributed by atoms with van der Waals surface area (Å²) in [5.74, 6) is 0.950. The van der Waals surface area contributed by atoms with E-state index >= 15 is 0 Å². The van der Waals surface area contributed by atoms with Crippen LogP contribution in [0.25, 0.3) is 0 Å². The minimum atomic E-state index is 0.407. The van der Waals surface area contributed by atoms with Crippen molar-refractivity contribution in [3.63, 3.8) is 0 Å². The maximum Gasteiger partial charge on any atom is 0.0309 e. The van der Waals surface area contributed by atoms with Gasteiger partial charge >= 0.3 is 0 Å². The van der Waals surface area contributed by atoms with E-state index in [4.69, 9.17) is 0 Å². The van der Waals surface area contributed by atoms with Crippen molar-refractivity contribution >= 4 is 0 Å². The zero-order valence-electron chi connectivity index (χ0n) is 11.8. The average Bonchev–Trinajstić information content (AvgIpc) is 3.06. The predicted molar refractivity (Wildman–Crippen MR) is 72.2 cm³/mol. The van der Waals surface area contributed by atoms with Gasteiger partial charge in [-0.15, -0.1) is 0 Å². The molecule has 0 aromatic rings. The molecule has 0 bridgehead atoms. The molecule has 0 radical (unpaired) electrons. The zero-order valence-corrected chi connectivity index (χ0v) is 11.8. The second-order valence-electron chi connectivity index (χ2n) is 6.98. The van der Waals surface area contributed by atoms with E-state index in [-0.39, 0.29) is 0 Å². The number of nitrogens with one attached hydrogen (secondary N) is 1. The molecule has 1 saturated heterocycles. The molecule has 1 N–H and O–H groups in total. The molecule has 98 valence electrons. The fourth-order valence-corrected chi connectivity index (χ4v) is 4.11. The highest BCUT2D eigenvalue weighted by atomic mass is 15.3. The molecular formula is C15H28N2. The lowest BCUT2D eigenvalue weighted by molar-refractivity contribution is -0.0579. The molecule has 0 spiro atoms. The van der Waals surface area contributed by atoms with Crippen molar-refractivity contribution in [3.05, 3.63) is 0 Å². The van der Waals surface area contributed by atoms with E-state index < -0.39 is 0 Å². The molecule has 2 aliphatic carbocycles. The third-order valence-electron chi connectivity index (χ3n) is 5.86. The SMILES string of the molecule is CCC1(N2CC(C)(C3CC3)NCC2C)CCC1. The minimum absolute atomic E-state index is 0.407. The molecule has 2 unspecified atom stereocenters. The van der Waals surface area contributed by atoms with Crippen LogP contribution in [0.4, 0.5) is 0 Å². The summed E-state index contributed by atoms with van der Waals surface area (Å²) in [5, 5.41) is 3.84. The minimum Gasteiger partial charge on any atom is -0.308 e. The highest BCUT2D eigenvalue weighted by Gasteiger charge is 2.51. The summed E-state index contributed by atoms with van der Waals surface area (Å²) in [6.45, 7) is 9.74. The standard InChI is InChI=1S/C15H28N2/c1-4-15(8-5-9-15)17-11-14(3,13-6-7-13)16-10-12(17)2/h12-13,16H,4-11H2,1-3H3. The third-order valence-corrected chi connectivity index (χ3v) is 5.86. The van der Waals surface area contributed by atoms with Crippen molar-refractivity contribution in [2.45, 2.75) is 76.4 Å². The molecule has 17 heavy (non-hydrogen) atoms. The molecule has 0 aromatic heterocycles. The lowest BCUT2D eigenvalue weighted by atomic mass is 9.71. The Balaban J connectivity index is 1.77. The Kier molecular flexibility index (Phi) is 2.79. The van der Waals surface area contributed by atoms with Crippen LogP contribution in [0.2, 0.25) is 0 Å². The quantitative estimate of drug-likeness (QED) is 0.810. The van der Waals surface area contributed by atoms with Gasteiger partial charge in [0, 0.05) is 30.2 Å². The van der Waals surface area contributed by atoms with Gasteiger partial charge in [0.1, 0.15) is 0 Å². The second-order valence-corrected chi connectivity index (χ2v) is 6.98. The molecule has 2 saturated carbocycles. The van der Waals surface area contributed by atoms with Crippen LogP contribution in [-0.4, -0.2) is 35.1 Å². The fraction of sp³-hybridized carbons (Fsp3) is 1.00. The monoisotopic (exact) mass is 236 g/mol. The van der Waals surface area contributed by atoms with Gasteiger partial charge in [-0.3, -0.25) is 4.90 Å². The van der Waals surface area contributed by atoms with E-state index in [1.165, 1.54) is 51.6 Å². The largest absolute Gasteiger partial charge is 0.308 e. The van der Waals surface area contributed by atoms with Crippen LogP contribution in [0.3, 0.4) is 0 Å². The number of nitrogens with zero attached hydrogens (tertiary/aromatic N) is 1. The molecule has 3 fully saturated rings. The summed E-state index contributed by atoms with van der Waals surface area (Å²) < 4.78 is 0. The predicted octanol–water partition coefficient (Wildman–Crippen LogP) is 2.78. The molecule has 1 heterocycles.